The number of aromatic amines is 1. The Labute approximate surface area is 112 Å². The molecule has 0 aliphatic rings. The smallest absolute Gasteiger partial charge is 0.272 e. The highest BCUT2D eigenvalue weighted by atomic mass is 16.2. The molecule has 0 aliphatic carbocycles. The molecular weight excluding hydrogens is 240 g/mol. The predicted molar refractivity (Wildman–Crippen MR) is 72.7 cm³/mol. The first-order valence-electron chi connectivity index (χ1n) is 6.45. The molecule has 5 nitrogen and oxygen atoms in total. The van der Waals surface area contributed by atoms with Gasteiger partial charge in [0, 0.05) is 18.1 Å². The summed E-state index contributed by atoms with van der Waals surface area (Å²) in [6.07, 6.45) is 5.36. The minimum absolute atomic E-state index is 0.0678. The molecule has 2 N–H and O–H groups in total. The van der Waals surface area contributed by atoms with Crippen molar-refractivity contribution in [2.24, 2.45) is 0 Å². The fraction of sp³-hybridized carbons (Fsp3) is 0.357. The van der Waals surface area contributed by atoms with E-state index in [1.165, 1.54) is 0 Å². The maximum Gasteiger partial charge on any atom is 0.272 e. The quantitative estimate of drug-likeness (QED) is 0.864. The molecule has 0 bridgehead atoms. The van der Waals surface area contributed by atoms with Gasteiger partial charge >= 0.3 is 0 Å². The zero-order valence-corrected chi connectivity index (χ0v) is 11.2. The monoisotopic (exact) mass is 258 g/mol. The summed E-state index contributed by atoms with van der Waals surface area (Å²) in [5.41, 5.74) is 2.45. The molecule has 0 spiro atoms. The second-order valence-corrected chi connectivity index (χ2v) is 4.50. The molecular formula is C14H18N4O. The number of aromatic nitrogens is 3. The van der Waals surface area contributed by atoms with E-state index < -0.39 is 0 Å². The average molecular weight is 258 g/mol. The number of carbonyl (C=O) groups excluding carboxylic acids is 1. The maximum absolute atomic E-state index is 12.0. The summed E-state index contributed by atoms with van der Waals surface area (Å²) in [7, 11) is 0. The first-order valence-corrected chi connectivity index (χ1v) is 6.45. The zero-order chi connectivity index (χ0) is 13.7. The number of rotatable bonds is 5. The molecule has 0 fully saturated rings. The SMILES string of the molecule is CCCc1cc(C(=O)NC(C)c2ccncc2)n[nH]1. The van der Waals surface area contributed by atoms with Crippen LogP contribution in [0.1, 0.15) is 48.1 Å². The van der Waals surface area contributed by atoms with E-state index in [1.54, 1.807) is 18.5 Å². The fourth-order valence-electron chi connectivity index (χ4n) is 1.88. The van der Waals surface area contributed by atoms with Crippen LogP contribution in [0.5, 0.6) is 0 Å². The molecule has 0 radical (unpaired) electrons. The van der Waals surface area contributed by atoms with Gasteiger partial charge in [-0.2, -0.15) is 5.10 Å². The van der Waals surface area contributed by atoms with Crippen molar-refractivity contribution in [3.63, 3.8) is 0 Å². The van der Waals surface area contributed by atoms with Gasteiger partial charge in [-0.3, -0.25) is 14.9 Å². The molecule has 19 heavy (non-hydrogen) atoms. The van der Waals surface area contributed by atoms with Crippen LogP contribution in [0.15, 0.2) is 30.6 Å². The molecule has 2 aromatic rings. The molecule has 0 saturated carbocycles. The van der Waals surface area contributed by atoms with Crippen molar-refractivity contribution < 1.29 is 4.79 Å². The molecule has 0 saturated heterocycles. The standard InChI is InChI=1S/C14H18N4O/c1-3-4-12-9-13(18-17-12)14(19)16-10(2)11-5-7-15-8-6-11/h5-10H,3-4H2,1-2H3,(H,16,19)(H,17,18). The minimum atomic E-state index is -0.164. The lowest BCUT2D eigenvalue weighted by molar-refractivity contribution is 0.0935. The Morgan fingerprint density at radius 1 is 1.42 bits per heavy atom. The number of hydrogen-bond acceptors (Lipinski definition) is 3. The highest BCUT2D eigenvalue weighted by molar-refractivity contribution is 5.92. The van der Waals surface area contributed by atoms with Crippen molar-refractivity contribution >= 4 is 5.91 Å². The van der Waals surface area contributed by atoms with E-state index in [4.69, 9.17) is 0 Å². The van der Waals surface area contributed by atoms with Crippen LogP contribution >= 0.6 is 0 Å². The minimum Gasteiger partial charge on any atom is -0.344 e. The third kappa shape index (κ3) is 3.40. The van der Waals surface area contributed by atoms with E-state index in [9.17, 15) is 4.79 Å². The van der Waals surface area contributed by atoms with E-state index in [0.29, 0.717) is 5.69 Å². The van der Waals surface area contributed by atoms with Crippen LogP contribution in [0.25, 0.3) is 0 Å². The highest BCUT2D eigenvalue weighted by Crippen LogP contribution is 2.11. The Bertz CT molecular complexity index is 535. The number of pyridine rings is 1. The zero-order valence-electron chi connectivity index (χ0n) is 11.2. The van der Waals surface area contributed by atoms with E-state index >= 15 is 0 Å². The Morgan fingerprint density at radius 3 is 2.84 bits per heavy atom. The summed E-state index contributed by atoms with van der Waals surface area (Å²) in [6.45, 7) is 4.03. The molecule has 1 amide bonds. The molecule has 2 rings (SSSR count). The van der Waals surface area contributed by atoms with Crippen LogP contribution in [-0.2, 0) is 6.42 Å². The summed E-state index contributed by atoms with van der Waals surface area (Å²) in [4.78, 5) is 16.0. The lowest BCUT2D eigenvalue weighted by Gasteiger charge is -2.12. The lowest BCUT2D eigenvalue weighted by atomic mass is 10.1. The molecule has 1 unspecified atom stereocenters. The van der Waals surface area contributed by atoms with Crippen LogP contribution in [-0.4, -0.2) is 21.1 Å². The highest BCUT2D eigenvalue weighted by Gasteiger charge is 2.14. The predicted octanol–water partition coefficient (Wildman–Crippen LogP) is 2.25. The Balaban J connectivity index is 2.00. The number of hydrogen-bond donors (Lipinski definition) is 2. The topological polar surface area (TPSA) is 70.7 Å². The van der Waals surface area contributed by atoms with Gasteiger partial charge in [-0.15, -0.1) is 0 Å². The van der Waals surface area contributed by atoms with Crippen LogP contribution in [0.3, 0.4) is 0 Å². The van der Waals surface area contributed by atoms with Crippen molar-refractivity contribution in [3.8, 4) is 0 Å². The summed E-state index contributed by atoms with van der Waals surface area (Å²) < 4.78 is 0. The van der Waals surface area contributed by atoms with Crippen LogP contribution in [0, 0.1) is 0 Å². The second-order valence-electron chi connectivity index (χ2n) is 4.50. The molecule has 100 valence electrons. The molecule has 0 aliphatic heterocycles. The summed E-state index contributed by atoms with van der Waals surface area (Å²) in [6, 6.07) is 5.51. The van der Waals surface area contributed by atoms with E-state index in [1.807, 2.05) is 19.1 Å². The molecule has 5 heteroatoms. The summed E-state index contributed by atoms with van der Waals surface area (Å²) in [5, 5.41) is 9.83. The van der Waals surface area contributed by atoms with Crippen LogP contribution < -0.4 is 5.32 Å². The number of carbonyl (C=O) groups is 1. The van der Waals surface area contributed by atoms with Crippen LogP contribution in [0.2, 0.25) is 0 Å². The van der Waals surface area contributed by atoms with Crippen molar-refractivity contribution in [3.05, 3.63) is 47.5 Å². The summed E-state index contributed by atoms with van der Waals surface area (Å²) >= 11 is 0. The molecule has 0 aromatic carbocycles. The third-order valence-electron chi connectivity index (χ3n) is 2.94. The fourth-order valence-corrected chi connectivity index (χ4v) is 1.88. The lowest BCUT2D eigenvalue weighted by Crippen LogP contribution is -2.26. The van der Waals surface area contributed by atoms with Crippen molar-refractivity contribution in [1.29, 1.82) is 0 Å². The van der Waals surface area contributed by atoms with Gasteiger partial charge < -0.3 is 5.32 Å². The summed E-state index contributed by atoms with van der Waals surface area (Å²) in [5.74, 6) is -0.164. The first-order chi connectivity index (χ1) is 9.20. The van der Waals surface area contributed by atoms with E-state index in [-0.39, 0.29) is 11.9 Å². The van der Waals surface area contributed by atoms with Gasteiger partial charge in [0.25, 0.3) is 5.91 Å². The van der Waals surface area contributed by atoms with Crippen molar-refractivity contribution in [2.75, 3.05) is 0 Å². The van der Waals surface area contributed by atoms with Gasteiger partial charge in [0.1, 0.15) is 5.69 Å². The van der Waals surface area contributed by atoms with Crippen LogP contribution in [0.4, 0.5) is 0 Å². The molecule has 2 aromatic heterocycles. The van der Waals surface area contributed by atoms with E-state index in [0.717, 1.165) is 24.1 Å². The third-order valence-corrected chi connectivity index (χ3v) is 2.94. The maximum atomic E-state index is 12.0. The Morgan fingerprint density at radius 2 is 2.16 bits per heavy atom. The number of H-pyrrole nitrogens is 1. The normalized spacial score (nSPS) is 12.1. The van der Waals surface area contributed by atoms with Gasteiger partial charge in [-0.25, -0.2) is 0 Å². The average Bonchev–Trinajstić information content (AvgIpc) is 2.89. The molecule has 2 heterocycles. The van der Waals surface area contributed by atoms with Gasteiger partial charge in [0.15, 0.2) is 0 Å². The Hall–Kier alpha value is -2.17. The van der Waals surface area contributed by atoms with Crippen molar-refractivity contribution in [2.45, 2.75) is 32.7 Å². The largest absolute Gasteiger partial charge is 0.344 e. The van der Waals surface area contributed by atoms with Gasteiger partial charge in [-0.05, 0) is 37.1 Å². The van der Waals surface area contributed by atoms with Crippen molar-refractivity contribution in [1.82, 2.24) is 20.5 Å². The number of nitrogens with one attached hydrogen (secondary N) is 2. The first kappa shape index (κ1) is 13.3. The number of aryl methyl sites for hydroxylation is 1. The van der Waals surface area contributed by atoms with E-state index in [2.05, 4.69) is 27.4 Å². The Kier molecular flexibility index (Phi) is 4.28. The number of nitrogens with zero attached hydrogens (tertiary/aromatic N) is 2. The number of amides is 1. The van der Waals surface area contributed by atoms with Gasteiger partial charge in [0.2, 0.25) is 0 Å². The van der Waals surface area contributed by atoms with Gasteiger partial charge in [-0.1, -0.05) is 13.3 Å². The second kappa shape index (κ2) is 6.13. The molecule has 1 atom stereocenters. The van der Waals surface area contributed by atoms with Gasteiger partial charge in [0.05, 0.1) is 6.04 Å².